The summed E-state index contributed by atoms with van der Waals surface area (Å²) in [4.78, 5) is 12.1. The number of benzene rings is 1. The number of carbonyl (C=O) groups excluding carboxylic acids is 1. The van der Waals surface area contributed by atoms with E-state index in [0.29, 0.717) is 16.5 Å². The van der Waals surface area contributed by atoms with Gasteiger partial charge in [-0.25, -0.2) is 0 Å². The lowest BCUT2D eigenvalue weighted by molar-refractivity contribution is 0.0738. The fourth-order valence-electron chi connectivity index (χ4n) is 2.65. The summed E-state index contributed by atoms with van der Waals surface area (Å²) in [6.07, 6.45) is 5.23. The van der Waals surface area contributed by atoms with Gasteiger partial charge in [0.15, 0.2) is 0 Å². The molecule has 0 aromatic heterocycles. The smallest absolute Gasteiger partial charge is 0.252 e. The van der Waals surface area contributed by atoms with E-state index in [-0.39, 0.29) is 12.5 Å². The number of aliphatic hydroxyl groups is 1. The highest BCUT2D eigenvalue weighted by molar-refractivity contribution is 9.10. The summed E-state index contributed by atoms with van der Waals surface area (Å²) in [7, 11) is 0. The summed E-state index contributed by atoms with van der Waals surface area (Å²) in [6.45, 7) is 0.284. The van der Waals surface area contributed by atoms with Crippen molar-refractivity contribution in [2.45, 2.75) is 38.2 Å². The number of rotatable bonds is 4. The molecule has 1 atom stereocenters. The van der Waals surface area contributed by atoms with Crippen molar-refractivity contribution in [1.29, 1.82) is 0 Å². The third-order valence-electron chi connectivity index (χ3n) is 3.84. The molecule has 0 spiro atoms. The average Bonchev–Trinajstić information content (AvgIpc) is 2.47. The fraction of sp³-hybridized carbons (Fsp3) is 0.533. The Kier molecular flexibility index (Phi) is 5.87. The molecule has 5 heteroatoms. The first kappa shape index (κ1) is 15.8. The van der Waals surface area contributed by atoms with Gasteiger partial charge in [0, 0.05) is 11.0 Å². The Morgan fingerprint density at radius 3 is 2.80 bits per heavy atom. The monoisotopic (exact) mass is 359 g/mol. The SMILES string of the molecule is O=C(NC[C@H](O)C1CCCCC1)c1cc(Br)ccc1Cl. The van der Waals surface area contributed by atoms with Crippen molar-refractivity contribution in [3.05, 3.63) is 33.3 Å². The highest BCUT2D eigenvalue weighted by Crippen LogP contribution is 2.26. The van der Waals surface area contributed by atoms with Crippen LogP contribution in [0.15, 0.2) is 22.7 Å². The molecule has 20 heavy (non-hydrogen) atoms. The number of halogens is 2. The van der Waals surface area contributed by atoms with Crippen LogP contribution in [-0.4, -0.2) is 23.7 Å². The number of amides is 1. The molecule has 110 valence electrons. The summed E-state index contributed by atoms with van der Waals surface area (Å²) < 4.78 is 0.805. The predicted octanol–water partition coefficient (Wildman–Crippen LogP) is 3.77. The molecule has 3 nitrogen and oxygen atoms in total. The van der Waals surface area contributed by atoms with Gasteiger partial charge in [0.1, 0.15) is 0 Å². The van der Waals surface area contributed by atoms with E-state index in [2.05, 4.69) is 21.2 Å². The maximum Gasteiger partial charge on any atom is 0.252 e. The van der Waals surface area contributed by atoms with E-state index in [4.69, 9.17) is 11.6 Å². The van der Waals surface area contributed by atoms with E-state index in [9.17, 15) is 9.90 Å². The molecule has 1 aromatic rings. The topological polar surface area (TPSA) is 49.3 Å². The minimum atomic E-state index is -0.467. The fourth-order valence-corrected chi connectivity index (χ4v) is 3.21. The van der Waals surface area contributed by atoms with Gasteiger partial charge in [-0.1, -0.05) is 46.8 Å². The third-order valence-corrected chi connectivity index (χ3v) is 4.66. The van der Waals surface area contributed by atoms with Gasteiger partial charge in [-0.05, 0) is 37.0 Å². The molecule has 1 aliphatic rings. The van der Waals surface area contributed by atoms with Crippen LogP contribution in [0.25, 0.3) is 0 Å². The van der Waals surface area contributed by atoms with Crippen molar-refractivity contribution >= 4 is 33.4 Å². The molecule has 0 bridgehead atoms. The predicted molar refractivity (Wildman–Crippen MR) is 84.1 cm³/mol. The zero-order valence-electron chi connectivity index (χ0n) is 11.2. The second-order valence-corrected chi connectivity index (χ2v) is 6.62. The normalized spacial score (nSPS) is 17.8. The summed E-state index contributed by atoms with van der Waals surface area (Å²) >= 11 is 9.33. The van der Waals surface area contributed by atoms with Crippen molar-refractivity contribution in [3.63, 3.8) is 0 Å². The third kappa shape index (κ3) is 4.21. The van der Waals surface area contributed by atoms with E-state index < -0.39 is 6.10 Å². The molecule has 0 saturated heterocycles. The summed E-state index contributed by atoms with van der Waals surface area (Å²) in [5, 5.41) is 13.3. The molecule has 0 heterocycles. The van der Waals surface area contributed by atoms with Gasteiger partial charge in [-0.15, -0.1) is 0 Å². The molecule has 0 aliphatic heterocycles. The lowest BCUT2D eigenvalue weighted by Gasteiger charge is -2.26. The first-order chi connectivity index (χ1) is 9.58. The van der Waals surface area contributed by atoms with Gasteiger partial charge in [-0.3, -0.25) is 4.79 Å². The number of hydrogen-bond acceptors (Lipinski definition) is 2. The molecule has 0 unspecified atom stereocenters. The summed E-state index contributed by atoms with van der Waals surface area (Å²) in [5.41, 5.74) is 0.428. The Labute approximate surface area is 132 Å². The van der Waals surface area contributed by atoms with Crippen LogP contribution in [0.2, 0.25) is 5.02 Å². The summed E-state index contributed by atoms with van der Waals surface area (Å²) in [6, 6.07) is 5.15. The van der Waals surface area contributed by atoms with Crippen molar-refractivity contribution in [2.24, 2.45) is 5.92 Å². The first-order valence-corrected chi connectivity index (χ1v) is 8.16. The molecule has 2 rings (SSSR count). The minimum Gasteiger partial charge on any atom is -0.391 e. The largest absolute Gasteiger partial charge is 0.391 e. The van der Waals surface area contributed by atoms with E-state index in [1.165, 1.54) is 19.3 Å². The van der Waals surface area contributed by atoms with E-state index in [0.717, 1.165) is 17.3 Å². The first-order valence-electron chi connectivity index (χ1n) is 6.99. The van der Waals surface area contributed by atoms with E-state index in [1.54, 1.807) is 18.2 Å². The lowest BCUT2D eigenvalue weighted by Crippen LogP contribution is -2.37. The van der Waals surface area contributed by atoms with Crippen LogP contribution in [0.3, 0.4) is 0 Å². The highest BCUT2D eigenvalue weighted by Gasteiger charge is 2.22. The molecular weight excluding hydrogens is 342 g/mol. The number of aliphatic hydroxyl groups excluding tert-OH is 1. The van der Waals surface area contributed by atoms with E-state index >= 15 is 0 Å². The van der Waals surface area contributed by atoms with Crippen molar-refractivity contribution in [2.75, 3.05) is 6.54 Å². The zero-order valence-corrected chi connectivity index (χ0v) is 13.6. The molecule has 1 saturated carbocycles. The maximum absolute atomic E-state index is 12.1. The van der Waals surface area contributed by atoms with Crippen LogP contribution in [0.5, 0.6) is 0 Å². The standard InChI is InChI=1S/C15H19BrClNO2/c16-11-6-7-13(17)12(8-11)15(20)18-9-14(19)10-4-2-1-3-5-10/h6-8,10,14,19H,1-5,9H2,(H,18,20)/t14-/m0/s1. The molecule has 1 aliphatic carbocycles. The van der Waals surface area contributed by atoms with Crippen LogP contribution in [0.1, 0.15) is 42.5 Å². The number of nitrogens with one attached hydrogen (secondary N) is 1. The molecule has 0 radical (unpaired) electrons. The zero-order chi connectivity index (χ0) is 14.5. The van der Waals surface area contributed by atoms with Crippen molar-refractivity contribution < 1.29 is 9.90 Å². The average molecular weight is 361 g/mol. The minimum absolute atomic E-state index is 0.244. The van der Waals surface area contributed by atoms with Crippen molar-refractivity contribution in [3.8, 4) is 0 Å². The van der Waals surface area contributed by atoms with Crippen LogP contribution < -0.4 is 5.32 Å². The Morgan fingerprint density at radius 1 is 1.40 bits per heavy atom. The Hall–Kier alpha value is -0.580. The van der Waals surface area contributed by atoms with E-state index in [1.807, 2.05) is 0 Å². The highest BCUT2D eigenvalue weighted by atomic mass is 79.9. The Morgan fingerprint density at radius 2 is 2.10 bits per heavy atom. The van der Waals surface area contributed by atoms with Gasteiger partial charge < -0.3 is 10.4 Å². The molecular formula is C15H19BrClNO2. The van der Waals surface area contributed by atoms with Gasteiger partial charge in [0.05, 0.1) is 16.7 Å². The summed E-state index contributed by atoms with van der Waals surface area (Å²) in [5.74, 6) is 0.0631. The van der Waals surface area contributed by atoms with Crippen LogP contribution in [0.4, 0.5) is 0 Å². The molecule has 1 amide bonds. The second kappa shape index (κ2) is 7.43. The molecule has 1 aromatic carbocycles. The van der Waals surface area contributed by atoms with Gasteiger partial charge >= 0.3 is 0 Å². The number of carbonyl (C=O) groups is 1. The second-order valence-electron chi connectivity index (χ2n) is 5.30. The quantitative estimate of drug-likeness (QED) is 0.858. The van der Waals surface area contributed by atoms with Gasteiger partial charge in [-0.2, -0.15) is 0 Å². The van der Waals surface area contributed by atoms with Crippen LogP contribution >= 0.6 is 27.5 Å². The lowest BCUT2D eigenvalue weighted by atomic mass is 9.85. The van der Waals surface area contributed by atoms with Crippen LogP contribution in [-0.2, 0) is 0 Å². The van der Waals surface area contributed by atoms with Crippen molar-refractivity contribution in [1.82, 2.24) is 5.32 Å². The van der Waals surface area contributed by atoms with Gasteiger partial charge in [0.25, 0.3) is 5.91 Å². The molecule has 1 fully saturated rings. The van der Waals surface area contributed by atoms with Gasteiger partial charge in [0.2, 0.25) is 0 Å². The Bertz CT molecular complexity index is 475. The number of hydrogen-bond donors (Lipinski definition) is 2. The maximum atomic E-state index is 12.1. The Balaban J connectivity index is 1.89. The van der Waals surface area contributed by atoms with Crippen LogP contribution in [0, 0.1) is 5.92 Å². The molecule has 2 N–H and O–H groups in total.